The van der Waals surface area contributed by atoms with Gasteiger partial charge in [-0.15, -0.1) is 0 Å². The molecular weight excluding hydrogens is 448 g/mol. The number of benzene rings is 1. The molecule has 1 saturated heterocycles. The van der Waals surface area contributed by atoms with Gasteiger partial charge in [0.25, 0.3) is 5.62 Å². The van der Waals surface area contributed by atoms with Crippen molar-refractivity contribution in [3.8, 4) is 11.9 Å². The van der Waals surface area contributed by atoms with Crippen LogP contribution in [0.3, 0.4) is 0 Å². The SMILES string of the molecule is N#Cc1ccc(N2CCN(c3nc(=NC4CC4)n4nc/c(=C\c5[nH]c(=O)[nH]c5O)c4n3)CC2)cc1. The van der Waals surface area contributed by atoms with Crippen LogP contribution in [0.25, 0.3) is 11.7 Å². The molecule has 35 heavy (non-hydrogen) atoms. The van der Waals surface area contributed by atoms with Gasteiger partial charge in [0.2, 0.25) is 11.8 Å². The lowest BCUT2D eigenvalue weighted by Crippen LogP contribution is -2.47. The Bertz CT molecular complexity index is 1610. The summed E-state index contributed by atoms with van der Waals surface area (Å²) in [6, 6.07) is 10.00. The minimum Gasteiger partial charge on any atom is -0.493 e. The number of nitriles is 1. The van der Waals surface area contributed by atoms with E-state index in [1.807, 2.05) is 24.3 Å². The van der Waals surface area contributed by atoms with Gasteiger partial charge in [-0.25, -0.2) is 9.79 Å². The zero-order valence-electron chi connectivity index (χ0n) is 18.7. The molecule has 4 aromatic rings. The summed E-state index contributed by atoms with van der Waals surface area (Å²) < 4.78 is 1.60. The second-order valence-electron chi connectivity index (χ2n) is 8.64. The number of nitrogens with one attached hydrogen (secondary N) is 2. The number of aromatic hydroxyl groups is 1. The zero-order chi connectivity index (χ0) is 23.9. The van der Waals surface area contributed by atoms with Crippen LogP contribution in [-0.4, -0.2) is 66.9 Å². The molecule has 1 aromatic carbocycles. The van der Waals surface area contributed by atoms with E-state index in [0.29, 0.717) is 28.0 Å². The Balaban J connectivity index is 1.34. The fraction of sp³-hybridized carbons (Fsp3) is 0.304. The van der Waals surface area contributed by atoms with Crippen LogP contribution >= 0.6 is 0 Å². The molecule has 4 heterocycles. The second-order valence-corrected chi connectivity index (χ2v) is 8.64. The van der Waals surface area contributed by atoms with E-state index in [1.165, 1.54) is 0 Å². The standard InChI is InChI=1S/C23H22N10O2/c24-12-14-1-5-17(6-2-14)31-7-9-32(10-8-31)21-28-19-15(11-18-20(34)29-23(35)27-18)13-25-33(19)22(30-21)26-16-3-4-16/h1-2,5-6,11,13,16,34H,3-4,7-10H2,(H2,27,29,35)/b15-11+,26-22?. The number of fused-ring (bicyclic) bond motifs is 1. The quantitative estimate of drug-likeness (QED) is 0.366. The van der Waals surface area contributed by atoms with E-state index in [4.69, 9.17) is 20.2 Å². The fourth-order valence-corrected chi connectivity index (χ4v) is 4.12. The van der Waals surface area contributed by atoms with E-state index in [-0.39, 0.29) is 17.6 Å². The van der Waals surface area contributed by atoms with Crippen LogP contribution in [0.2, 0.25) is 0 Å². The van der Waals surface area contributed by atoms with Gasteiger partial charge < -0.3 is 19.9 Å². The molecule has 0 amide bonds. The first-order chi connectivity index (χ1) is 17.1. The Labute approximate surface area is 198 Å². The highest BCUT2D eigenvalue weighted by atomic mass is 16.3. The van der Waals surface area contributed by atoms with Crippen molar-refractivity contribution in [2.75, 3.05) is 36.0 Å². The van der Waals surface area contributed by atoms with E-state index in [1.54, 1.807) is 16.8 Å². The van der Waals surface area contributed by atoms with Crippen molar-refractivity contribution in [1.29, 1.82) is 5.26 Å². The number of imidazole rings is 1. The van der Waals surface area contributed by atoms with E-state index >= 15 is 0 Å². The molecule has 2 aliphatic rings. The van der Waals surface area contributed by atoms with Crippen molar-refractivity contribution >= 4 is 23.4 Å². The Morgan fingerprint density at radius 3 is 2.49 bits per heavy atom. The lowest BCUT2D eigenvalue weighted by Gasteiger charge is -2.36. The summed E-state index contributed by atoms with van der Waals surface area (Å²) in [5, 5.41) is 24.0. The van der Waals surface area contributed by atoms with Gasteiger partial charge in [0.1, 0.15) is 5.69 Å². The average molecular weight is 470 g/mol. The molecule has 1 saturated carbocycles. The normalized spacial score (nSPS) is 17.3. The third kappa shape index (κ3) is 4.08. The molecule has 12 heteroatoms. The zero-order valence-corrected chi connectivity index (χ0v) is 18.7. The maximum atomic E-state index is 11.5. The summed E-state index contributed by atoms with van der Waals surface area (Å²) in [6.45, 7) is 3.01. The third-order valence-corrected chi connectivity index (χ3v) is 6.17. The number of anilines is 2. The fourth-order valence-electron chi connectivity index (χ4n) is 4.12. The molecule has 0 atom stereocenters. The topological polar surface area (TPSA) is 155 Å². The van der Waals surface area contributed by atoms with Gasteiger partial charge in [-0.2, -0.15) is 24.8 Å². The molecular formula is C23H22N10O2. The number of nitrogens with zero attached hydrogens (tertiary/aromatic N) is 8. The summed E-state index contributed by atoms with van der Waals surface area (Å²) in [5.74, 6) is 0.323. The highest BCUT2D eigenvalue weighted by molar-refractivity contribution is 5.57. The molecule has 1 aliphatic heterocycles. The molecule has 1 aliphatic carbocycles. The Morgan fingerprint density at radius 2 is 1.83 bits per heavy atom. The highest BCUT2D eigenvalue weighted by Crippen LogP contribution is 2.23. The predicted octanol–water partition coefficient (Wildman–Crippen LogP) is -0.345. The minimum atomic E-state index is -0.495. The van der Waals surface area contributed by atoms with Crippen molar-refractivity contribution in [1.82, 2.24) is 29.5 Å². The lowest BCUT2D eigenvalue weighted by atomic mass is 10.2. The van der Waals surface area contributed by atoms with Gasteiger partial charge in [0.05, 0.1) is 23.9 Å². The summed E-state index contributed by atoms with van der Waals surface area (Å²) in [4.78, 5) is 35.0. The Hall–Kier alpha value is -4.66. The first-order valence-corrected chi connectivity index (χ1v) is 11.4. The van der Waals surface area contributed by atoms with E-state index < -0.39 is 5.69 Å². The number of piperazine rings is 1. The van der Waals surface area contributed by atoms with Crippen LogP contribution in [0.5, 0.6) is 5.88 Å². The van der Waals surface area contributed by atoms with Crippen LogP contribution in [0.4, 0.5) is 11.6 Å². The number of aromatic nitrogens is 6. The maximum Gasteiger partial charge on any atom is 0.326 e. The van der Waals surface area contributed by atoms with E-state index in [9.17, 15) is 9.90 Å². The first kappa shape index (κ1) is 20.9. The smallest absolute Gasteiger partial charge is 0.326 e. The van der Waals surface area contributed by atoms with Crippen molar-refractivity contribution in [3.63, 3.8) is 0 Å². The van der Waals surface area contributed by atoms with Gasteiger partial charge in [-0.05, 0) is 43.2 Å². The van der Waals surface area contributed by atoms with Crippen LogP contribution in [0, 0.1) is 11.3 Å². The third-order valence-electron chi connectivity index (χ3n) is 6.17. The Morgan fingerprint density at radius 1 is 1.09 bits per heavy atom. The maximum absolute atomic E-state index is 11.5. The second kappa shape index (κ2) is 8.28. The number of aromatic amines is 2. The first-order valence-electron chi connectivity index (χ1n) is 11.4. The molecule has 176 valence electrons. The molecule has 0 bridgehead atoms. The number of hydrogen-bond acceptors (Lipinski definition) is 9. The summed E-state index contributed by atoms with van der Waals surface area (Å²) in [7, 11) is 0. The van der Waals surface area contributed by atoms with Crippen molar-refractivity contribution in [2.45, 2.75) is 18.9 Å². The minimum absolute atomic E-state index is 0.245. The predicted molar refractivity (Wildman–Crippen MR) is 127 cm³/mol. The number of rotatable bonds is 4. The molecule has 2 fully saturated rings. The summed E-state index contributed by atoms with van der Waals surface area (Å²) >= 11 is 0. The number of hydrogen-bond donors (Lipinski definition) is 3. The van der Waals surface area contributed by atoms with Crippen LogP contribution in [-0.2, 0) is 0 Å². The largest absolute Gasteiger partial charge is 0.493 e. The summed E-state index contributed by atoms with van der Waals surface area (Å²) in [5.41, 5.74) is 2.52. The van der Waals surface area contributed by atoms with Crippen LogP contribution in [0.15, 0.2) is 40.2 Å². The van der Waals surface area contributed by atoms with E-state index in [0.717, 1.165) is 44.7 Å². The monoisotopic (exact) mass is 470 g/mol. The van der Waals surface area contributed by atoms with Crippen molar-refractivity contribution in [2.24, 2.45) is 4.99 Å². The molecule has 3 aromatic heterocycles. The molecule has 6 rings (SSSR count). The average Bonchev–Trinajstić information content (AvgIpc) is 3.52. The van der Waals surface area contributed by atoms with Gasteiger partial charge in [-0.1, -0.05) is 0 Å². The summed E-state index contributed by atoms with van der Waals surface area (Å²) in [6.07, 6.45) is 5.30. The van der Waals surface area contributed by atoms with Crippen LogP contribution < -0.4 is 26.3 Å². The number of H-pyrrole nitrogens is 2. The van der Waals surface area contributed by atoms with Crippen LogP contribution in [0.1, 0.15) is 24.1 Å². The van der Waals surface area contributed by atoms with E-state index in [2.05, 4.69) is 30.9 Å². The Kier molecular flexibility index (Phi) is 4.95. The molecule has 0 unspecified atom stereocenters. The lowest BCUT2D eigenvalue weighted by molar-refractivity contribution is 0.454. The highest BCUT2D eigenvalue weighted by Gasteiger charge is 2.23. The van der Waals surface area contributed by atoms with Crippen molar-refractivity contribution < 1.29 is 5.11 Å². The molecule has 12 nitrogen and oxygen atoms in total. The van der Waals surface area contributed by atoms with Gasteiger partial charge >= 0.3 is 5.69 Å². The van der Waals surface area contributed by atoms with Gasteiger partial charge in [0, 0.05) is 37.1 Å². The molecule has 3 N–H and O–H groups in total. The van der Waals surface area contributed by atoms with Crippen molar-refractivity contribution in [3.05, 3.63) is 63.0 Å². The molecule has 0 spiro atoms. The molecule has 0 radical (unpaired) electrons. The van der Waals surface area contributed by atoms with Gasteiger partial charge in [-0.3, -0.25) is 4.98 Å². The van der Waals surface area contributed by atoms with Gasteiger partial charge in [0.15, 0.2) is 5.65 Å².